The highest BCUT2D eigenvalue weighted by atomic mass is 19.1. The molecule has 2 rings (SSSR count). The van der Waals surface area contributed by atoms with Gasteiger partial charge in [-0.25, -0.2) is 9.07 Å². The standard InChI is InChI=1S/C22H31FN4O2/c1-8-26(20(29)15-10-9-11-16(23)12-15)14-19(28)24-18-13-17(21(2,3)4)25-27(18)22(5,6)7/h9-13H,8,14H2,1-7H3,(H,24,28). The van der Waals surface area contributed by atoms with Crippen LogP contribution in [-0.2, 0) is 15.7 Å². The lowest BCUT2D eigenvalue weighted by Gasteiger charge is -2.24. The van der Waals surface area contributed by atoms with Crippen molar-refractivity contribution in [2.24, 2.45) is 0 Å². The van der Waals surface area contributed by atoms with E-state index in [1.165, 1.54) is 29.2 Å². The van der Waals surface area contributed by atoms with Gasteiger partial charge in [-0.1, -0.05) is 26.8 Å². The van der Waals surface area contributed by atoms with Crippen LogP contribution in [0, 0.1) is 5.82 Å². The van der Waals surface area contributed by atoms with E-state index in [-0.39, 0.29) is 34.9 Å². The number of carbonyl (C=O) groups is 2. The van der Waals surface area contributed by atoms with Crippen molar-refractivity contribution in [3.63, 3.8) is 0 Å². The molecule has 6 nitrogen and oxygen atoms in total. The Hall–Kier alpha value is -2.70. The first kappa shape index (κ1) is 22.6. The minimum atomic E-state index is -0.486. The molecule has 7 heteroatoms. The average Bonchev–Trinajstić information content (AvgIpc) is 3.03. The lowest BCUT2D eigenvalue weighted by atomic mass is 9.92. The lowest BCUT2D eigenvalue weighted by molar-refractivity contribution is -0.116. The van der Waals surface area contributed by atoms with E-state index in [0.29, 0.717) is 12.4 Å². The van der Waals surface area contributed by atoms with E-state index in [2.05, 4.69) is 31.2 Å². The molecule has 0 spiro atoms. The first-order valence-corrected chi connectivity index (χ1v) is 9.78. The first-order chi connectivity index (χ1) is 13.3. The molecule has 0 radical (unpaired) electrons. The van der Waals surface area contributed by atoms with Crippen molar-refractivity contribution in [1.82, 2.24) is 14.7 Å². The van der Waals surface area contributed by atoms with Crippen molar-refractivity contribution in [3.05, 3.63) is 47.4 Å². The van der Waals surface area contributed by atoms with Gasteiger partial charge in [-0.3, -0.25) is 9.59 Å². The summed E-state index contributed by atoms with van der Waals surface area (Å²) in [6.45, 7) is 14.2. The number of nitrogens with one attached hydrogen (secondary N) is 1. The molecule has 0 aliphatic heterocycles. The number of carbonyl (C=O) groups excluding carboxylic acids is 2. The third-order valence-corrected chi connectivity index (χ3v) is 4.46. The van der Waals surface area contributed by atoms with Gasteiger partial charge in [-0.05, 0) is 45.9 Å². The summed E-state index contributed by atoms with van der Waals surface area (Å²) < 4.78 is 15.2. The highest BCUT2D eigenvalue weighted by Crippen LogP contribution is 2.28. The summed E-state index contributed by atoms with van der Waals surface area (Å²) in [6.07, 6.45) is 0. The van der Waals surface area contributed by atoms with Crippen LogP contribution in [0.4, 0.5) is 10.2 Å². The van der Waals surface area contributed by atoms with E-state index >= 15 is 0 Å². The maximum atomic E-state index is 13.4. The molecular weight excluding hydrogens is 371 g/mol. The second-order valence-corrected chi connectivity index (χ2v) is 9.13. The zero-order chi connectivity index (χ0) is 22.0. The third kappa shape index (κ3) is 5.65. The Morgan fingerprint density at radius 3 is 2.31 bits per heavy atom. The fourth-order valence-corrected chi connectivity index (χ4v) is 2.84. The Labute approximate surface area is 172 Å². The minimum Gasteiger partial charge on any atom is -0.330 e. The Bertz CT molecular complexity index is 891. The Balaban J connectivity index is 2.21. The highest BCUT2D eigenvalue weighted by Gasteiger charge is 2.26. The van der Waals surface area contributed by atoms with Crippen LogP contribution in [0.2, 0.25) is 0 Å². The van der Waals surface area contributed by atoms with Gasteiger partial charge in [0.25, 0.3) is 5.91 Å². The number of rotatable bonds is 5. The van der Waals surface area contributed by atoms with Crippen LogP contribution in [0.25, 0.3) is 0 Å². The number of amides is 2. The topological polar surface area (TPSA) is 67.2 Å². The molecule has 0 saturated heterocycles. The number of aromatic nitrogens is 2. The highest BCUT2D eigenvalue weighted by molar-refractivity contribution is 5.99. The molecule has 0 saturated carbocycles. The molecule has 0 atom stereocenters. The molecule has 158 valence electrons. The molecule has 2 amide bonds. The van der Waals surface area contributed by atoms with Gasteiger partial charge in [0.15, 0.2) is 0 Å². The Kier molecular flexibility index (Phi) is 6.50. The largest absolute Gasteiger partial charge is 0.330 e. The van der Waals surface area contributed by atoms with Crippen molar-refractivity contribution in [1.29, 1.82) is 0 Å². The van der Waals surface area contributed by atoms with E-state index in [1.807, 2.05) is 26.8 Å². The molecule has 1 aromatic carbocycles. The summed E-state index contributed by atoms with van der Waals surface area (Å²) in [6, 6.07) is 7.34. The summed E-state index contributed by atoms with van der Waals surface area (Å²) in [7, 11) is 0. The van der Waals surface area contributed by atoms with Crippen molar-refractivity contribution in [2.75, 3.05) is 18.4 Å². The van der Waals surface area contributed by atoms with Gasteiger partial charge in [-0.15, -0.1) is 0 Å². The summed E-state index contributed by atoms with van der Waals surface area (Å²) in [4.78, 5) is 26.7. The summed E-state index contributed by atoms with van der Waals surface area (Å²) in [5.41, 5.74) is 0.590. The van der Waals surface area contributed by atoms with Crippen LogP contribution < -0.4 is 5.32 Å². The van der Waals surface area contributed by atoms with Crippen LogP contribution >= 0.6 is 0 Å². The van der Waals surface area contributed by atoms with Gasteiger partial charge < -0.3 is 10.2 Å². The molecular formula is C22H31FN4O2. The van der Waals surface area contributed by atoms with E-state index in [9.17, 15) is 14.0 Å². The zero-order valence-corrected chi connectivity index (χ0v) is 18.3. The minimum absolute atomic E-state index is 0.133. The lowest BCUT2D eigenvalue weighted by Crippen LogP contribution is -2.38. The number of likely N-dealkylation sites (N-methyl/N-ethyl adjacent to an activating group) is 1. The quantitative estimate of drug-likeness (QED) is 0.816. The predicted octanol–water partition coefficient (Wildman–Crippen LogP) is 4.18. The van der Waals surface area contributed by atoms with Gasteiger partial charge >= 0.3 is 0 Å². The number of benzene rings is 1. The molecule has 1 N–H and O–H groups in total. The van der Waals surface area contributed by atoms with Crippen LogP contribution in [0.15, 0.2) is 30.3 Å². The summed E-state index contributed by atoms with van der Waals surface area (Å²) in [5, 5.41) is 7.56. The second kappa shape index (κ2) is 8.35. The number of hydrogen-bond acceptors (Lipinski definition) is 3. The number of halogens is 1. The molecule has 29 heavy (non-hydrogen) atoms. The van der Waals surface area contributed by atoms with Crippen molar-refractivity contribution < 1.29 is 14.0 Å². The maximum absolute atomic E-state index is 13.4. The van der Waals surface area contributed by atoms with Gasteiger partial charge in [0.2, 0.25) is 5.91 Å². The summed E-state index contributed by atoms with van der Waals surface area (Å²) in [5.74, 6) is -0.619. The van der Waals surface area contributed by atoms with Crippen molar-refractivity contribution >= 4 is 17.6 Å². The average molecular weight is 403 g/mol. The normalized spacial score (nSPS) is 12.0. The number of nitrogens with zero attached hydrogens (tertiary/aromatic N) is 3. The Morgan fingerprint density at radius 2 is 1.79 bits per heavy atom. The SMILES string of the molecule is CCN(CC(=O)Nc1cc(C(C)(C)C)nn1C(C)(C)C)C(=O)c1cccc(F)c1. The van der Waals surface area contributed by atoms with Crippen LogP contribution in [0.3, 0.4) is 0 Å². The molecule has 0 bridgehead atoms. The van der Waals surface area contributed by atoms with Gasteiger partial charge in [0.1, 0.15) is 18.2 Å². The maximum Gasteiger partial charge on any atom is 0.254 e. The monoisotopic (exact) mass is 402 g/mol. The molecule has 0 aliphatic carbocycles. The Morgan fingerprint density at radius 1 is 1.14 bits per heavy atom. The van der Waals surface area contributed by atoms with Crippen LogP contribution in [0.5, 0.6) is 0 Å². The van der Waals surface area contributed by atoms with Crippen molar-refractivity contribution in [2.45, 2.75) is 59.4 Å². The van der Waals surface area contributed by atoms with Crippen molar-refractivity contribution in [3.8, 4) is 0 Å². The molecule has 2 aromatic rings. The van der Waals surface area contributed by atoms with E-state index in [0.717, 1.165) is 5.69 Å². The molecule has 0 fully saturated rings. The van der Waals surface area contributed by atoms with Gasteiger partial charge in [0, 0.05) is 23.6 Å². The van der Waals surface area contributed by atoms with E-state index < -0.39 is 5.82 Å². The smallest absolute Gasteiger partial charge is 0.254 e. The second-order valence-electron chi connectivity index (χ2n) is 9.13. The third-order valence-electron chi connectivity index (χ3n) is 4.46. The molecule has 0 aliphatic rings. The first-order valence-electron chi connectivity index (χ1n) is 9.78. The van der Waals surface area contributed by atoms with Gasteiger partial charge in [-0.2, -0.15) is 5.10 Å². The van der Waals surface area contributed by atoms with Gasteiger partial charge in [0.05, 0.1) is 11.2 Å². The van der Waals surface area contributed by atoms with Crippen LogP contribution in [0.1, 0.15) is 64.5 Å². The number of anilines is 1. The van der Waals surface area contributed by atoms with E-state index in [4.69, 9.17) is 0 Å². The number of hydrogen-bond donors (Lipinski definition) is 1. The molecule has 1 aromatic heterocycles. The summed E-state index contributed by atoms with van der Waals surface area (Å²) >= 11 is 0. The van der Waals surface area contributed by atoms with Crippen LogP contribution in [-0.4, -0.2) is 39.6 Å². The van der Waals surface area contributed by atoms with E-state index in [1.54, 1.807) is 11.6 Å². The molecule has 1 heterocycles. The molecule has 0 unspecified atom stereocenters. The fourth-order valence-electron chi connectivity index (χ4n) is 2.84. The predicted molar refractivity (Wildman–Crippen MR) is 113 cm³/mol. The fraction of sp³-hybridized carbons (Fsp3) is 0.500. The zero-order valence-electron chi connectivity index (χ0n) is 18.3.